The highest BCUT2D eigenvalue weighted by molar-refractivity contribution is 9.10. The Labute approximate surface area is 119 Å². The summed E-state index contributed by atoms with van der Waals surface area (Å²) in [4.78, 5) is 11.7. The number of hydrogen-bond acceptors (Lipinski definition) is 6. The van der Waals surface area contributed by atoms with Crippen molar-refractivity contribution in [2.75, 3.05) is 32.7 Å². The molecule has 0 amide bonds. The van der Waals surface area contributed by atoms with Gasteiger partial charge in [0, 0.05) is 11.0 Å². The number of aliphatic hydroxyl groups is 2. The molecule has 0 heterocycles. The number of halogens is 1. The fraction of sp³-hybridized carbons (Fsp3) is 0.417. The van der Waals surface area contributed by atoms with Crippen LogP contribution >= 0.6 is 15.9 Å². The van der Waals surface area contributed by atoms with E-state index in [0.29, 0.717) is 15.9 Å². The number of carbonyl (C=O) groups is 1. The number of rotatable bonds is 6. The summed E-state index contributed by atoms with van der Waals surface area (Å²) in [5.41, 5.74) is 0.783. The highest BCUT2D eigenvalue weighted by atomic mass is 79.9. The summed E-state index contributed by atoms with van der Waals surface area (Å²) >= 11 is 3.28. The minimum Gasteiger partial charge on any atom is -0.494 e. The van der Waals surface area contributed by atoms with Gasteiger partial charge in [0.25, 0.3) is 0 Å². The van der Waals surface area contributed by atoms with Gasteiger partial charge in [-0.15, -0.1) is 0 Å². The van der Waals surface area contributed by atoms with Crippen LogP contribution in [0.25, 0.3) is 0 Å². The number of aliphatic hydroxyl groups excluding tert-OH is 2. The maximum absolute atomic E-state index is 11.7. The number of carbonyl (C=O) groups excluding carboxylic acids is 1. The average Bonchev–Trinajstić information content (AvgIpc) is 2.42. The maximum atomic E-state index is 11.7. The molecule has 19 heavy (non-hydrogen) atoms. The summed E-state index contributed by atoms with van der Waals surface area (Å²) < 4.78 is 10.5. The Balaban J connectivity index is 3.08. The number of benzene rings is 1. The molecule has 106 valence electrons. The molecule has 1 atom stereocenters. The Morgan fingerprint density at radius 3 is 2.68 bits per heavy atom. The van der Waals surface area contributed by atoms with Crippen molar-refractivity contribution in [1.29, 1.82) is 0 Å². The minimum atomic E-state index is -0.898. The lowest BCUT2D eigenvalue weighted by Crippen LogP contribution is -2.23. The predicted octanol–water partition coefficient (Wildman–Crippen LogP) is 1.01. The molecule has 0 bridgehead atoms. The van der Waals surface area contributed by atoms with E-state index in [1.54, 1.807) is 12.1 Å². The van der Waals surface area contributed by atoms with Crippen molar-refractivity contribution in [2.45, 2.75) is 6.10 Å². The Kier molecular flexibility index (Phi) is 6.07. The molecule has 7 heteroatoms. The van der Waals surface area contributed by atoms with Gasteiger partial charge in [0.05, 0.1) is 32.6 Å². The quantitative estimate of drug-likeness (QED) is 0.673. The molecule has 3 N–H and O–H groups in total. The molecule has 1 rings (SSSR count). The fourth-order valence-corrected chi connectivity index (χ4v) is 1.96. The molecule has 0 aromatic heterocycles. The van der Waals surface area contributed by atoms with Crippen LogP contribution in [0.15, 0.2) is 16.6 Å². The van der Waals surface area contributed by atoms with Crippen molar-refractivity contribution in [3.05, 3.63) is 22.2 Å². The third-order valence-electron chi connectivity index (χ3n) is 2.40. The van der Waals surface area contributed by atoms with E-state index in [2.05, 4.69) is 26.0 Å². The lowest BCUT2D eigenvalue weighted by molar-refractivity contribution is 0.0597. The highest BCUT2D eigenvalue weighted by Crippen LogP contribution is 2.33. The standard InChI is InChI=1S/C12H16BrNO5/c1-18-11-9(12(17)19-2)3-7(13)4-10(11)14-5-8(16)6-15/h3-4,8,14-16H,5-6H2,1-2H3. The zero-order valence-corrected chi connectivity index (χ0v) is 12.2. The van der Waals surface area contributed by atoms with Crippen LogP contribution in [-0.4, -0.2) is 49.7 Å². The summed E-state index contributed by atoms with van der Waals surface area (Å²) in [6.07, 6.45) is -0.898. The third-order valence-corrected chi connectivity index (χ3v) is 2.86. The molecule has 1 aromatic rings. The summed E-state index contributed by atoms with van der Waals surface area (Å²) in [6, 6.07) is 3.29. The monoisotopic (exact) mass is 333 g/mol. The molecular formula is C12H16BrNO5. The SMILES string of the molecule is COC(=O)c1cc(Br)cc(NCC(O)CO)c1OC. The molecule has 0 fully saturated rings. The van der Waals surface area contributed by atoms with Gasteiger partial charge in [0.2, 0.25) is 0 Å². The van der Waals surface area contributed by atoms with Gasteiger partial charge in [0.15, 0.2) is 5.75 Å². The van der Waals surface area contributed by atoms with E-state index in [1.807, 2.05) is 0 Å². The molecule has 0 aliphatic rings. The van der Waals surface area contributed by atoms with Gasteiger partial charge in [-0.2, -0.15) is 0 Å². The zero-order chi connectivity index (χ0) is 14.4. The van der Waals surface area contributed by atoms with Crippen molar-refractivity contribution in [3.8, 4) is 5.75 Å². The summed E-state index contributed by atoms with van der Waals surface area (Å²) in [5.74, 6) is -0.205. The first-order chi connectivity index (χ1) is 9.03. The topological polar surface area (TPSA) is 88.0 Å². The van der Waals surface area contributed by atoms with Crippen LogP contribution < -0.4 is 10.1 Å². The number of hydrogen-bond donors (Lipinski definition) is 3. The second-order valence-corrected chi connectivity index (χ2v) is 4.66. The van der Waals surface area contributed by atoms with Crippen LogP contribution in [0.5, 0.6) is 5.75 Å². The second kappa shape index (κ2) is 7.32. The summed E-state index contributed by atoms with van der Waals surface area (Å²) in [7, 11) is 2.72. The number of esters is 1. The summed E-state index contributed by atoms with van der Waals surface area (Å²) in [6.45, 7) is -0.225. The van der Waals surface area contributed by atoms with Crippen molar-refractivity contribution in [3.63, 3.8) is 0 Å². The fourth-order valence-electron chi connectivity index (χ4n) is 1.50. The van der Waals surface area contributed by atoms with E-state index in [9.17, 15) is 9.90 Å². The molecule has 0 radical (unpaired) electrons. The van der Waals surface area contributed by atoms with E-state index >= 15 is 0 Å². The average molecular weight is 334 g/mol. The Bertz CT molecular complexity index is 452. The first-order valence-electron chi connectivity index (χ1n) is 5.52. The highest BCUT2D eigenvalue weighted by Gasteiger charge is 2.18. The van der Waals surface area contributed by atoms with E-state index in [1.165, 1.54) is 14.2 Å². The Morgan fingerprint density at radius 2 is 2.16 bits per heavy atom. The molecule has 0 aliphatic carbocycles. The molecular weight excluding hydrogens is 318 g/mol. The van der Waals surface area contributed by atoms with Crippen molar-refractivity contribution in [2.24, 2.45) is 0 Å². The van der Waals surface area contributed by atoms with Crippen LogP contribution in [0.2, 0.25) is 0 Å². The van der Waals surface area contributed by atoms with Crippen molar-refractivity contribution < 1.29 is 24.5 Å². The smallest absolute Gasteiger partial charge is 0.341 e. The van der Waals surface area contributed by atoms with Gasteiger partial charge in [-0.25, -0.2) is 4.79 Å². The van der Waals surface area contributed by atoms with Crippen LogP contribution in [0, 0.1) is 0 Å². The second-order valence-electron chi connectivity index (χ2n) is 3.74. The number of methoxy groups -OCH3 is 2. The van der Waals surface area contributed by atoms with Gasteiger partial charge in [-0.1, -0.05) is 15.9 Å². The van der Waals surface area contributed by atoms with Crippen molar-refractivity contribution in [1.82, 2.24) is 0 Å². The Hall–Kier alpha value is -1.31. The number of anilines is 1. The van der Waals surface area contributed by atoms with Crippen LogP contribution in [0.4, 0.5) is 5.69 Å². The molecule has 0 spiro atoms. The zero-order valence-electron chi connectivity index (χ0n) is 10.6. The van der Waals surface area contributed by atoms with Gasteiger partial charge in [-0.05, 0) is 12.1 Å². The van der Waals surface area contributed by atoms with E-state index in [-0.39, 0.29) is 18.7 Å². The molecule has 0 saturated heterocycles. The molecule has 6 nitrogen and oxygen atoms in total. The molecule has 1 aromatic carbocycles. The molecule has 1 unspecified atom stereocenters. The predicted molar refractivity (Wildman–Crippen MR) is 73.6 cm³/mol. The maximum Gasteiger partial charge on any atom is 0.341 e. The van der Waals surface area contributed by atoms with Crippen molar-refractivity contribution >= 4 is 27.6 Å². The van der Waals surface area contributed by atoms with Gasteiger partial charge < -0.3 is 25.0 Å². The van der Waals surface area contributed by atoms with Crippen LogP contribution in [-0.2, 0) is 4.74 Å². The normalized spacial score (nSPS) is 11.8. The summed E-state index contributed by atoms with van der Waals surface area (Å²) in [5, 5.41) is 21.0. The van der Waals surface area contributed by atoms with E-state index in [0.717, 1.165) is 0 Å². The lowest BCUT2D eigenvalue weighted by Gasteiger charge is -2.16. The molecule has 0 aliphatic heterocycles. The Morgan fingerprint density at radius 1 is 1.47 bits per heavy atom. The lowest BCUT2D eigenvalue weighted by atomic mass is 10.1. The van der Waals surface area contributed by atoms with Crippen LogP contribution in [0.1, 0.15) is 10.4 Å². The largest absolute Gasteiger partial charge is 0.494 e. The molecule has 0 saturated carbocycles. The van der Waals surface area contributed by atoms with Crippen LogP contribution in [0.3, 0.4) is 0 Å². The van der Waals surface area contributed by atoms with Gasteiger partial charge >= 0.3 is 5.97 Å². The first kappa shape index (κ1) is 15.7. The van der Waals surface area contributed by atoms with Gasteiger partial charge in [0.1, 0.15) is 5.56 Å². The number of nitrogens with one attached hydrogen (secondary N) is 1. The first-order valence-corrected chi connectivity index (χ1v) is 6.31. The van der Waals surface area contributed by atoms with Gasteiger partial charge in [-0.3, -0.25) is 0 Å². The third kappa shape index (κ3) is 4.09. The number of ether oxygens (including phenoxy) is 2. The van der Waals surface area contributed by atoms with E-state index < -0.39 is 12.1 Å². The minimum absolute atomic E-state index is 0.129. The van der Waals surface area contributed by atoms with E-state index in [4.69, 9.17) is 9.84 Å².